The molecule has 13 aromatic carbocycles. The maximum absolute atomic E-state index is 16.3. The van der Waals surface area contributed by atoms with Crippen LogP contribution in [0.5, 0.6) is 0 Å². The predicted octanol–water partition coefficient (Wildman–Crippen LogP) is 23.1. The van der Waals surface area contributed by atoms with Crippen molar-refractivity contribution >= 4 is 40.2 Å². The summed E-state index contributed by atoms with van der Waals surface area (Å²) in [6.45, 7) is 15.0. The summed E-state index contributed by atoms with van der Waals surface area (Å²) in [6, 6.07) is 91.0. The highest BCUT2D eigenvalue weighted by Gasteiger charge is 2.53. The van der Waals surface area contributed by atoms with E-state index in [-0.39, 0.29) is 0 Å². The number of fused-ring (bicyclic) bond motifs is 16. The molecule has 452 valence electrons. The molecule has 0 amide bonds. The van der Waals surface area contributed by atoms with Crippen molar-refractivity contribution in [1.29, 1.82) is 0 Å². The number of hydrogen-bond acceptors (Lipinski definition) is 2. The summed E-state index contributed by atoms with van der Waals surface area (Å²) in [7, 11) is 0. The molecule has 4 aliphatic carbocycles. The second kappa shape index (κ2) is 21.0. The van der Waals surface area contributed by atoms with Gasteiger partial charge in [0.15, 0.2) is 23.3 Å². The molecule has 13 aromatic rings. The molecule has 0 N–H and O–H groups in total. The molecule has 1 spiro atoms. The molecule has 0 heterocycles. The van der Waals surface area contributed by atoms with Crippen LogP contribution in [0.1, 0.15) is 95.9 Å². The highest BCUT2D eigenvalue weighted by molar-refractivity contribution is 5.99. The van der Waals surface area contributed by atoms with Crippen LogP contribution in [-0.2, 0) is 16.2 Å². The van der Waals surface area contributed by atoms with E-state index in [0.29, 0.717) is 11.4 Å². The van der Waals surface area contributed by atoms with Gasteiger partial charge in [0, 0.05) is 51.7 Å². The molecule has 2 nitrogen and oxygen atoms in total. The maximum atomic E-state index is 16.3. The van der Waals surface area contributed by atoms with Gasteiger partial charge in [0.25, 0.3) is 0 Å². The molecule has 4 aliphatic rings. The monoisotopic (exact) mass is 1220 g/mol. The number of aryl methyl sites for hydroxylation is 4. The SMILES string of the molecule is C=Cc1ccc(C2(c3cc(C)ccc3C)c3ccccc3-c3ccc(N(c4ccc(F)c(F)c4)c4ccc5c(c4)C4(c6ccccc6-c6ccc(N(c7ccc(F)c(F)c7)c7ccc8c(c7)C(C)(c7cc(C)ccc7C)c7ccccc7-8)cc64)c4ccccc4-5)cc32)cc1. The van der Waals surface area contributed by atoms with Gasteiger partial charge in [0.05, 0.1) is 10.8 Å². The van der Waals surface area contributed by atoms with E-state index in [1.807, 2.05) is 6.08 Å². The Kier molecular flexibility index (Phi) is 12.7. The minimum atomic E-state index is -0.965. The Hall–Kier alpha value is -11.1. The molecule has 0 aromatic heterocycles. The molecular formula is C88H62F4N2. The van der Waals surface area contributed by atoms with Gasteiger partial charge >= 0.3 is 0 Å². The van der Waals surface area contributed by atoms with E-state index in [9.17, 15) is 0 Å². The second-order valence-corrected chi connectivity index (χ2v) is 26.1. The molecule has 3 atom stereocenters. The molecule has 17 rings (SSSR count). The molecule has 0 radical (unpaired) electrons. The topological polar surface area (TPSA) is 6.48 Å². The van der Waals surface area contributed by atoms with Gasteiger partial charge in [-0.1, -0.05) is 206 Å². The standard InChI is InChI=1S/C88H62F4N2/c1-7-56-28-30-57(31-29-56)87(77-45-53(3)25-27-55(77)5)73-21-13-9-17-65(73)69-39-33-59(47-79(69)87)94(63-37-43-83(90)85(92)51-63)61-35-41-71-67-19-11-15-23-75(67)88(81(71)49-61)74-22-14-10-18-66(74)70-40-34-60(48-80(70)88)93(62-36-42-82(89)84(91)50-62)58-32-38-68-64-16-8-12-20-72(64)86(6,78(68)46-58)76-44-52(2)24-26-54(76)4/h7-51H,1H2,2-6H3. The van der Waals surface area contributed by atoms with Crippen molar-refractivity contribution < 1.29 is 17.6 Å². The molecule has 0 saturated heterocycles. The Balaban J connectivity index is 0.895. The molecule has 3 unspecified atom stereocenters. The second-order valence-electron chi connectivity index (χ2n) is 26.1. The lowest BCUT2D eigenvalue weighted by molar-refractivity contribution is 0.509. The lowest BCUT2D eigenvalue weighted by Crippen LogP contribution is -2.30. The van der Waals surface area contributed by atoms with E-state index < -0.39 is 39.5 Å². The van der Waals surface area contributed by atoms with Crippen LogP contribution in [0.4, 0.5) is 51.7 Å². The van der Waals surface area contributed by atoms with Crippen LogP contribution in [-0.4, -0.2) is 0 Å². The number of hydrogen-bond donors (Lipinski definition) is 0. The van der Waals surface area contributed by atoms with Crippen LogP contribution in [0.15, 0.2) is 273 Å². The average molecular weight is 1220 g/mol. The van der Waals surface area contributed by atoms with Crippen LogP contribution in [0, 0.1) is 51.0 Å². The van der Waals surface area contributed by atoms with E-state index in [4.69, 9.17) is 0 Å². The third-order valence-corrected chi connectivity index (χ3v) is 21.0. The summed E-state index contributed by atoms with van der Waals surface area (Å²) in [4.78, 5) is 4.13. The fourth-order valence-electron chi connectivity index (χ4n) is 16.9. The molecule has 0 bridgehead atoms. The van der Waals surface area contributed by atoms with E-state index in [1.54, 1.807) is 12.1 Å². The van der Waals surface area contributed by atoms with Gasteiger partial charge in [0.1, 0.15) is 0 Å². The van der Waals surface area contributed by atoms with Crippen molar-refractivity contribution in [3.63, 3.8) is 0 Å². The summed E-state index contributed by atoms with van der Waals surface area (Å²) < 4.78 is 63.1. The first-order chi connectivity index (χ1) is 45.7. The van der Waals surface area contributed by atoms with Gasteiger partial charge in [-0.05, 0) is 230 Å². The summed E-state index contributed by atoms with van der Waals surface area (Å²) in [6.07, 6.45) is 1.87. The van der Waals surface area contributed by atoms with Gasteiger partial charge in [-0.3, -0.25) is 0 Å². The van der Waals surface area contributed by atoms with E-state index >= 15 is 17.6 Å². The molecular weight excluding hydrogens is 1160 g/mol. The third-order valence-electron chi connectivity index (χ3n) is 21.0. The zero-order chi connectivity index (χ0) is 64.1. The normalized spacial score (nSPS) is 17.2. The van der Waals surface area contributed by atoms with Crippen molar-refractivity contribution in [2.75, 3.05) is 9.80 Å². The zero-order valence-corrected chi connectivity index (χ0v) is 52.6. The van der Waals surface area contributed by atoms with Gasteiger partial charge in [-0.25, -0.2) is 17.6 Å². The van der Waals surface area contributed by atoms with Gasteiger partial charge in [0.2, 0.25) is 0 Å². The smallest absolute Gasteiger partial charge is 0.160 e. The van der Waals surface area contributed by atoms with E-state index in [0.717, 1.165) is 140 Å². The van der Waals surface area contributed by atoms with E-state index in [2.05, 4.69) is 282 Å². The molecule has 0 aliphatic heterocycles. The van der Waals surface area contributed by atoms with Crippen LogP contribution in [0.25, 0.3) is 50.6 Å². The van der Waals surface area contributed by atoms with E-state index in [1.165, 1.54) is 41.0 Å². The Morgan fingerprint density at radius 1 is 0.287 bits per heavy atom. The van der Waals surface area contributed by atoms with Crippen molar-refractivity contribution in [3.05, 3.63) is 386 Å². The number of nitrogens with zero attached hydrogens (tertiary/aromatic N) is 2. The number of rotatable bonds is 10. The third kappa shape index (κ3) is 7.95. The molecule has 0 fully saturated rings. The summed E-state index contributed by atoms with van der Waals surface area (Å²) in [5.41, 5.74) is 28.0. The predicted molar refractivity (Wildman–Crippen MR) is 376 cm³/mol. The minimum Gasteiger partial charge on any atom is -0.310 e. The van der Waals surface area contributed by atoms with Gasteiger partial charge in [-0.15, -0.1) is 0 Å². The number of benzene rings is 13. The fraction of sp³-hybridized carbons (Fsp3) is 0.0909. The maximum Gasteiger partial charge on any atom is 0.160 e. The van der Waals surface area contributed by atoms with Crippen LogP contribution < -0.4 is 9.80 Å². The Morgan fingerprint density at radius 2 is 0.628 bits per heavy atom. The first-order valence-corrected chi connectivity index (χ1v) is 32.1. The van der Waals surface area contributed by atoms with Crippen LogP contribution in [0.3, 0.4) is 0 Å². The molecule has 6 heteroatoms. The van der Waals surface area contributed by atoms with Crippen LogP contribution in [0.2, 0.25) is 0 Å². The van der Waals surface area contributed by atoms with Crippen LogP contribution >= 0.6 is 0 Å². The summed E-state index contributed by atoms with van der Waals surface area (Å²) in [5.74, 6) is -3.80. The Morgan fingerprint density at radius 3 is 1.07 bits per heavy atom. The number of halogens is 4. The minimum absolute atomic E-state index is 0.439. The van der Waals surface area contributed by atoms with Crippen molar-refractivity contribution in [2.45, 2.75) is 50.9 Å². The highest BCUT2D eigenvalue weighted by Crippen LogP contribution is 2.65. The van der Waals surface area contributed by atoms with Crippen molar-refractivity contribution in [1.82, 2.24) is 0 Å². The van der Waals surface area contributed by atoms with Crippen molar-refractivity contribution in [2.24, 2.45) is 0 Å². The highest BCUT2D eigenvalue weighted by atomic mass is 19.2. The molecule has 0 saturated carbocycles. The zero-order valence-electron chi connectivity index (χ0n) is 52.6. The largest absolute Gasteiger partial charge is 0.310 e. The molecule has 94 heavy (non-hydrogen) atoms. The average Bonchev–Trinajstić information content (AvgIpc) is 1.51. The number of anilines is 6. The Labute approximate surface area is 545 Å². The first kappa shape index (κ1) is 56.9. The first-order valence-electron chi connectivity index (χ1n) is 32.1. The Bertz CT molecular complexity index is 5380. The lowest BCUT2D eigenvalue weighted by Gasteiger charge is -2.36. The van der Waals surface area contributed by atoms with Gasteiger partial charge in [-0.2, -0.15) is 0 Å². The van der Waals surface area contributed by atoms with Gasteiger partial charge < -0.3 is 9.80 Å². The van der Waals surface area contributed by atoms with Crippen molar-refractivity contribution in [3.8, 4) is 44.5 Å². The summed E-state index contributed by atoms with van der Waals surface area (Å²) in [5, 5.41) is 0. The quantitative estimate of drug-likeness (QED) is 0.126. The lowest BCUT2D eigenvalue weighted by atomic mass is 9.66. The fourth-order valence-corrected chi connectivity index (χ4v) is 16.9. The summed E-state index contributed by atoms with van der Waals surface area (Å²) >= 11 is 0.